The summed E-state index contributed by atoms with van der Waals surface area (Å²) in [5.41, 5.74) is 1.91. The lowest BCUT2D eigenvalue weighted by Crippen LogP contribution is -2.36. The largest absolute Gasteiger partial charge is 0.355 e. The van der Waals surface area contributed by atoms with Crippen LogP contribution in [0.5, 0.6) is 0 Å². The van der Waals surface area contributed by atoms with Gasteiger partial charge in [0.1, 0.15) is 5.82 Å². The Morgan fingerprint density at radius 3 is 2.92 bits per heavy atom. The van der Waals surface area contributed by atoms with E-state index in [1.807, 2.05) is 29.1 Å². The second-order valence-electron chi connectivity index (χ2n) is 5.59. The van der Waals surface area contributed by atoms with Crippen molar-refractivity contribution in [2.24, 2.45) is 0 Å². The first-order chi connectivity index (χ1) is 11.6. The third-order valence-electron chi connectivity index (χ3n) is 3.77. The zero-order valence-corrected chi connectivity index (χ0v) is 14.1. The van der Waals surface area contributed by atoms with E-state index in [2.05, 4.69) is 15.6 Å². The molecular formula is C17H19FN4OS. The van der Waals surface area contributed by atoms with Gasteiger partial charge in [-0.2, -0.15) is 0 Å². The van der Waals surface area contributed by atoms with Crippen LogP contribution >= 0.6 is 11.3 Å². The Labute approximate surface area is 143 Å². The summed E-state index contributed by atoms with van der Waals surface area (Å²) in [6, 6.07) is 6.31. The number of hydrogen-bond acceptors (Lipinski definition) is 4. The highest BCUT2D eigenvalue weighted by Gasteiger charge is 2.11. The summed E-state index contributed by atoms with van der Waals surface area (Å²) < 4.78 is 14.8. The maximum atomic E-state index is 12.8. The molecule has 0 aliphatic rings. The molecule has 24 heavy (non-hydrogen) atoms. The Bertz CT molecular complexity index is 783. The lowest BCUT2D eigenvalue weighted by Gasteiger charge is -2.11. The molecule has 3 rings (SSSR count). The van der Waals surface area contributed by atoms with Crippen LogP contribution in [0.2, 0.25) is 0 Å². The zero-order chi connectivity index (χ0) is 16.9. The van der Waals surface area contributed by atoms with Gasteiger partial charge in [-0.15, -0.1) is 11.3 Å². The molecule has 5 nitrogen and oxygen atoms in total. The van der Waals surface area contributed by atoms with E-state index in [-0.39, 0.29) is 24.3 Å². The van der Waals surface area contributed by atoms with E-state index in [0.29, 0.717) is 13.0 Å². The van der Waals surface area contributed by atoms with Crippen molar-refractivity contribution in [3.63, 3.8) is 0 Å². The van der Waals surface area contributed by atoms with Gasteiger partial charge in [0.05, 0.1) is 12.2 Å². The van der Waals surface area contributed by atoms with Crippen molar-refractivity contribution in [3.8, 4) is 0 Å². The molecule has 126 valence electrons. The Balaban J connectivity index is 1.40. The maximum Gasteiger partial charge on any atom is 0.233 e. The summed E-state index contributed by atoms with van der Waals surface area (Å²) in [7, 11) is 0. The molecule has 0 saturated carbocycles. The Kier molecular flexibility index (Phi) is 5.22. The number of nitrogens with zero attached hydrogens (tertiary/aromatic N) is 2. The number of hydrogen-bond donors (Lipinski definition) is 2. The van der Waals surface area contributed by atoms with Crippen LogP contribution in [0.25, 0.3) is 4.96 Å². The summed E-state index contributed by atoms with van der Waals surface area (Å²) in [6.07, 6.45) is 4.61. The highest BCUT2D eigenvalue weighted by molar-refractivity contribution is 7.15. The number of benzene rings is 1. The molecule has 0 radical (unpaired) electrons. The number of halogens is 1. The van der Waals surface area contributed by atoms with Gasteiger partial charge in [0, 0.05) is 30.4 Å². The molecule has 0 saturated heterocycles. The van der Waals surface area contributed by atoms with E-state index >= 15 is 0 Å². The minimum atomic E-state index is -0.250. The van der Waals surface area contributed by atoms with E-state index in [0.717, 1.165) is 16.2 Å². The molecule has 2 aromatic heterocycles. The first kappa shape index (κ1) is 16.6. The monoisotopic (exact) mass is 346 g/mol. The van der Waals surface area contributed by atoms with Crippen LogP contribution < -0.4 is 10.6 Å². The molecule has 0 fully saturated rings. The summed E-state index contributed by atoms with van der Waals surface area (Å²) in [5, 5.41) is 8.01. The van der Waals surface area contributed by atoms with Crippen LogP contribution in [0.4, 0.5) is 4.39 Å². The smallest absolute Gasteiger partial charge is 0.233 e. The molecular weight excluding hydrogens is 327 g/mol. The lowest BCUT2D eigenvalue weighted by atomic mass is 10.1. The van der Waals surface area contributed by atoms with Crippen LogP contribution in [0.3, 0.4) is 0 Å². The van der Waals surface area contributed by atoms with Gasteiger partial charge in [0.2, 0.25) is 5.91 Å². The molecule has 0 aliphatic carbocycles. The lowest BCUT2D eigenvalue weighted by molar-refractivity contribution is -0.120. The average Bonchev–Trinajstić information content (AvgIpc) is 3.16. The molecule has 1 aromatic carbocycles. The number of nitrogens with one attached hydrogen (secondary N) is 2. The zero-order valence-electron chi connectivity index (χ0n) is 13.3. The number of aromatic nitrogens is 2. The number of carbonyl (C=O) groups is 1. The topological polar surface area (TPSA) is 58.4 Å². The van der Waals surface area contributed by atoms with Gasteiger partial charge in [0.25, 0.3) is 0 Å². The van der Waals surface area contributed by atoms with Crippen LogP contribution in [-0.2, 0) is 11.2 Å². The van der Waals surface area contributed by atoms with E-state index in [1.54, 1.807) is 23.5 Å². The number of imidazole rings is 1. The molecule has 2 N–H and O–H groups in total. The maximum absolute atomic E-state index is 12.8. The van der Waals surface area contributed by atoms with Crippen molar-refractivity contribution in [1.29, 1.82) is 0 Å². The van der Waals surface area contributed by atoms with Gasteiger partial charge in [-0.1, -0.05) is 12.1 Å². The van der Waals surface area contributed by atoms with E-state index < -0.39 is 0 Å². The number of carbonyl (C=O) groups excluding carboxylic acids is 1. The van der Waals surface area contributed by atoms with Crippen LogP contribution in [0.1, 0.15) is 24.2 Å². The molecule has 0 aliphatic heterocycles. The normalized spacial score (nSPS) is 12.4. The number of thiazole rings is 1. The van der Waals surface area contributed by atoms with Crippen LogP contribution in [0.15, 0.2) is 42.0 Å². The van der Waals surface area contributed by atoms with Gasteiger partial charge < -0.3 is 10.6 Å². The Morgan fingerprint density at radius 2 is 2.17 bits per heavy atom. The molecule has 2 heterocycles. The first-order valence-corrected chi connectivity index (χ1v) is 8.66. The van der Waals surface area contributed by atoms with Crippen molar-refractivity contribution >= 4 is 22.2 Å². The molecule has 0 unspecified atom stereocenters. The van der Waals surface area contributed by atoms with Gasteiger partial charge in [0.15, 0.2) is 4.96 Å². The second-order valence-corrected chi connectivity index (χ2v) is 6.46. The quantitative estimate of drug-likeness (QED) is 0.691. The predicted octanol–water partition coefficient (Wildman–Crippen LogP) is 2.54. The molecule has 0 bridgehead atoms. The molecule has 7 heteroatoms. The fourth-order valence-electron chi connectivity index (χ4n) is 2.36. The van der Waals surface area contributed by atoms with E-state index in [9.17, 15) is 9.18 Å². The third kappa shape index (κ3) is 4.18. The van der Waals surface area contributed by atoms with Gasteiger partial charge in [-0.25, -0.2) is 9.37 Å². The van der Waals surface area contributed by atoms with Gasteiger partial charge >= 0.3 is 0 Å². The van der Waals surface area contributed by atoms with Gasteiger partial charge in [-0.05, 0) is 31.0 Å². The van der Waals surface area contributed by atoms with Gasteiger partial charge in [-0.3, -0.25) is 9.20 Å². The van der Waals surface area contributed by atoms with Crippen LogP contribution in [-0.4, -0.2) is 28.4 Å². The summed E-state index contributed by atoms with van der Waals surface area (Å²) in [4.78, 5) is 17.4. The number of rotatable bonds is 7. The van der Waals surface area contributed by atoms with Crippen molar-refractivity contribution in [3.05, 3.63) is 59.1 Å². The second kappa shape index (κ2) is 7.55. The van der Waals surface area contributed by atoms with Crippen molar-refractivity contribution in [2.45, 2.75) is 19.4 Å². The fourth-order valence-corrected chi connectivity index (χ4v) is 3.07. The average molecular weight is 346 g/mol. The minimum absolute atomic E-state index is 0.0000476. The fraction of sp³-hybridized carbons (Fsp3) is 0.294. The van der Waals surface area contributed by atoms with Crippen molar-refractivity contribution in [1.82, 2.24) is 20.0 Å². The van der Waals surface area contributed by atoms with Crippen LogP contribution in [0, 0.1) is 5.82 Å². The van der Waals surface area contributed by atoms with Crippen molar-refractivity contribution < 1.29 is 9.18 Å². The minimum Gasteiger partial charge on any atom is -0.355 e. The van der Waals surface area contributed by atoms with E-state index in [4.69, 9.17) is 0 Å². The molecule has 0 spiro atoms. The first-order valence-electron chi connectivity index (χ1n) is 7.78. The highest BCUT2D eigenvalue weighted by Crippen LogP contribution is 2.16. The number of amides is 1. The SMILES string of the molecule is C[C@@H](NCC(=O)NCCc1ccc(F)cc1)c1cn2ccsc2n1. The summed E-state index contributed by atoms with van der Waals surface area (Å²) in [5.74, 6) is -0.315. The Morgan fingerprint density at radius 1 is 1.38 bits per heavy atom. The standard InChI is InChI=1S/C17H19FN4OS/c1-12(15-11-22-8-9-24-17(22)21-15)20-10-16(23)19-7-6-13-2-4-14(18)5-3-13/h2-5,8-9,11-12,20H,6-7,10H2,1H3,(H,19,23)/t12-/m1/s1. The number of fused-ring (bicyclic) bond motifs is 1. The predicted molar refractivity (Wildman–Crippen MR) is 92.6 cm³/mol. The molecule has 1 atom stereocenters. The van der Waals surface area contributed by atoms with E-state index in [1.165, 1.54) is 12.1 Å². The molecule has 3 aromatic rings. The Hall–Kier alpha value is -2.25. The molecule has 1 amide bonds. The third-order valence-corrected chi connectivity index (χ3v) is 4.54. The summed E-state index contributed by atoms with van der Waals surface area (Å²) in [6.45, 7) is 2.74. The van der Waals surface area contributed by atoms with Crippen molar-refractivity contribution in [2.75, 3.05) is 13.1 Å². The summed E-state index contributed by atoms with van der Waals surface area (Å²) >= 11 is 1.58. The highest BCUT2D eigenvalue weighted by atomic mass is 32.1.